The van der Waals surface area contributed by atoms with E-state index < -0.39 is 17.6 Å². The van der Waals surface area contributed by atoms with Crippen LogP contribution in [-0.2, 0) is 4.74 Å². The predicted octanol–water partition coefficient (Wildman–Crippen LogP) is 5.08. The molecule has 1 aromatic heterocycles. The molecule has 1 saturated heterocycles. The molecule has 1 aliphatic heterocycles. The minimum Gasteiger partial charge on any atom is -0.373 e. The number of carbonyl (C=O) groups excluding carboxylic acids is 2. The Bertz CT molecular complexity index is 1220. The highest BCUT2D eigenvalue weighted by Gasteiger charge is 2.28. The van der Waals surface area contributed by atoms with Gasteiger partial charge in [0.1, 0.15) is 11.6 Å². The lowest BCUT2D eigenvalue weighted by Gasteiger charge is -2.23. The monoisotopic (exact) mass is 467 g/mol. The number of aryl methyl sites for hydroxylation is 1. The summed E-state index contributed by atoms with van der Waals surface area (Å²) < 4.78 is 20.3. The Balaban J connectivity index is 1.81. The summed E-state index contributed by atoms with van der Waals surface area (Å²) in [7, 11) is 1.53. The summed E-state index contributed by atoms with van der Waals surface area (Å²) in [6, 6.07) is 11.2. The van der Waals surface area contributed by atoms with E-state index in [1.807, 2.05) is 19.1 Å². The summed E-state index contributed by atoms with van der Waals surface area (Å²) in [5, 5.41) is 0.0287. The smallest absolute Gasteiger partial charge is 0.263 e. The first-order chi connectivity index (χ1) is 15.8. The van der Waals surface area contributed by atoms with Crippen LogP contribution in [0, 0.1) is 12.7 Å². The van der Waals surface area contributed by atoms with E-state index >= 15 is 0 Å². The fourth-order valence-electron chi connectivity index (χ4n) is 4.01. The first-order valence-corrected chi connectivity index (χ1v) is 10.9. The fourth-order valence-corrected chi connectivity index (χ4v) is 4.26. The SMILES string of the molecule is Cc1ccc(C(N)=O)cc1-c1cnc(N(C)C(=O)c2c(F)cccc2Cl)c(C2CCCO2)c1. The van der Waals surface area contributed by atoms with Crippen LogP contribution >= 0.6 is 11.6 Å². The van der Waals surface area contributed by atoms with Crippen LogP contribution in [0.1, 0.15) is 50.8 Å². The summed E-state index contributed by atoms with van der Waals surface area (Å²) in [6.45, 7) is 2.52. The lowest BCUT2D eigenvalue weighted by Crippen LogP contribution is -2.29. The highest BCUT2D eigenvalue weighted by Crippen LogP contribution is 2.37. The van der Waals surface area contributed by atoms with Crippen molar-refractivity contribution in [3.63, 3.8) is 0 Å². The van der Waals surface area contributed by atoms with Gasteiger partial charge in [0.2, 0.25) is 5.91 Å². The van der Waals surface area contributed by atoms with Crippen LogP contribution in [0.5, 0.6) is 0 Å². The number of carbonyl (C=O) groups is 2. The van der Waals surface area contributed by atoms with Gasteiger partial charge in [-0.15, -0.1) is 0 Å². The fraction of sp³-hybridized carbons (Fsp3) is 0.240. The molecule has 2 amide bonds. The molecule has 1 fully saturated rings. The number of nitrogens with zero attached hydrogens (tertiary/aromatic N) is 2. The van der Waals surface area contributed by atoms with Gasteiger partial charge in [0.15, 0.2) is 0 Å². The largest absolute Gasteiger partial charge is 0.373 e. The highest BCUT2D eigenvalue weighted by atomic mass is 35.5. The summed E-state index contributed by atoms with van der Waals surface area (Å²) in [6.07, 6.45) is 2.99. The van der Waals surface area contributed by atoms with Gasteiger partial charge in [0.05, 0.1) is 16.7 Å². The Morgan fingerprint density at radius 2 is 2.03 bits per heavy atom. The Morgan fingerprint density at radius 1 is 1.24 bits per heavy atom. The number of primary amides is 1. The Hall–Kier alpha value is -3.29. The third-order valence-corrected chi connectivity index (χ3v) is 6.12. The second-order valence-electron chi connectivity index (χ2n) is 7.99. The average Bonchev–Trinajstić information content (AvgIpc) is 3.33. The summed E-state index contributed by atoms with van der Waals surface area (Å²) in [5.41, 5.74) is 8.84. The van der Waals surface area contributed by atoms with Crippen LogP contribution in [0.3, 0.4) is 0 Å². The molecular weight excluding hydrogens is 445 g/mol. The Morgan fingerprint density at radius 3 is 2.70 bits per heavy atom. The van der Waals surface area contributed by atoms with Gasteiger partial charge in [-0.2, -0.15) is 0 Å². The van der Waals surface area contributed by atoms with Crippen molar-refractivity contribution in [1.82, 2.24) is 4.98 Å². The second-order valence-corrected chi connectivity index (χ2v) is 8.40. The molecule has 0 aliphatic carbocycles. The number of hydrogen-bond donors (Lipinski definition) is 1. The van der Waals surface area contributed by atoms with Gasteiger partial charge in [-0.25, -0.2) is 9.37 Å². The number of anilines is 1. The van der Waals surface area contributed by atoms with Crippen molar-refractivity contribution >= 4 is 29.2 Å². The normalized spacial score (nSPS) is 15.5. The van der Waals surface area contributed by atoms with Gasteiger partial charge in [0, 0.05) is 36.5 Å². The van der Waals surface area contributed by atoms with E-state index in [0.717, 1.165) is 29.5 Å². The molecule has 33 heavy (non-hydrogen) atoms. The number of pyridine rings is 1. The van der Waals surface area contributed by atoms with Crippen molar-refractivity contribution in [3.8, 4) is 11.1 Å². The third-order valence-electron chi connectivity index (χ3n) is 5.80. The molecule has 0 spiro atoms. The van der Waals surface area contributed by atoms with Gasteiger partial charge in [-0.05, 0) is 61.2 Å². The van der Waals surface area contributed by atoms with E-state index in [9.17, 15) is 14.0 Å². The molecule has 2 aromatic carbocycles. The maximum Gasteiger partial charge on any atom is 0.263 e. The topological polar surface area (TPSA) is 85.5 Å². The van der Waals surface area contributed by atoms with Crippen LogP contribution < -0.4 is 10.6 Å². The molecule has 0 radical (unpaired) electrons. The minimum absolute atomic E-state index is 0.0287. The number of nitrogens with two attached hydrogens (primary N) is 1. The van der Waals surface area contributed by atoms with E-state index in [1.54, 1.807) is 18.3 Å². The van der Waals surface area contributed by atoms with Crippen LogP contribution in [0.2, 0.25) is 5.02 Å². The quantitative estimate of drug-likeness (QED) is 0.567. The van der Waals surface area contributed by atoms with Gasteiger partial charge in [-0.1, -0.05) is 23.7 Å². The highest BCUT2D eigenvalue weighted by molar-refractivity contribution is 6.34. The van der Waals surface area contributed by atoms with E-state index in [1.165, 1.54) is 30.1 Å². The molecule has 2 heterocycles. The van der Waals surface area contributed by atoms with Crippen molar-refractivity contribution < 1.29 is 18.7 Å². The Labute approximate surface area is 196 Å². The number of hydrogen-bond acceptors (Lipinski definition) is 4. The zero-order valence-corrected chi connectivity index (χ0v) is 19.0. The second kappa shape index (κ2) is 9.29. The maximum absolute atomic E-state index is 14.4. The number of ether oxygens (including phenoxy) is 1. The van der Waals surface area contributed by atoms with Gasteiger partial charge in [0.25, 0.3) is 5.91 Å². The molecule has 6 nitrogen and oxygen atoms in total. The number of rotatable bonds is 5. The minimum atomic E-state index is -0.700. The number of halogens is 2. The summed E-state index contributed by atoms with van der Waals surface area (Å²) in [4.78, 5) is 30.7. The van der Waals surface area contributed by atoms with Crippen LogP contribution in [-0.4, -0.2) is 30.5 Å². The molecule has 2 N–H and O–H groups in total. The van der Waals surface area contributed by atoms with Crippen molar-refractivity contribution in [1.29, 1.82) is 0 Å². The zero-order chi connectivity index (χ0) is 23.7. The van der Waals surface area contributed by atoms with Gasteiger partial charge in [-0.3, -0.25) is 14.5 Å². The molecular formula is C25H23ClFN3O3. The van der Waals surface area contributed by atoms with Crippen molar-refractivity contribution in [3.05, 3.63) is 81.8 Å². The van der Waals surface area contributed by atoms with E-state index in [0.29, 0.717) is 23.6 Å². The number of aromatic nitrogens is 1. The van der Waals surface area contributed by atoms with Gasteiger partial charge < -0.3 is 10.5 Å². The van der Waals surface area contributed by atoms with Crippen LogP contribution in [0.4, 0.5) is 10.2 Å². The standard InChI is InChI=1S/C25H23ClFN3O3/c1-14-8-9-15(23(28)31)11-17(14)16-12-18(21-7-4-10-33-21)24(29-13-16)30(2)25(32)22-19(26)5-3-6-20(22)27/h3,5-6,8-9,11-13,21H,4,7,10H2,1-2H3,(H2,28,31). The summed E-state index contributed by atoms with van der Waals surface area (Å²) >= 11 is 6.12. The molecule has 0 saturated carbocycles. The van der Waals surface area contributed by atoms with Gasteiger partial charge >= 0.3 is 0 Å². The summed E-state index contributed by atoms with van der Waals surface area (Å²) in [5.74, 6) is -1.47. The van der Waals surface area contributed by atoms with E-state index in [2.05, 4.69) is 4.98 Å². The molecule has 4 rings (SSSR count). The molecule has 0 bridgehead atoms. The molecule has 1 aliphatic rings. The van der Waals surface area contributed by atoms with E-state index in [4.69, 9.17) is 22.1 Å². The first-order valence-electron chi connectivity index (χ1n) is 10.5. The molecule has 8 heteroatoms. The molecule has 1 unspecified atom stereocenters. The average molecular weight is 468 g/mol. The number of benzene rings is 2. The predicted molar refractivity (Wildman–Crippen MR) is 125 cm³/mol. The van der Waals surface area contributed by atoms with Crippen molar-refractivity contribution in [2.24, 2.45) is 5.73 Å². The lowest BCUT2D eigenvalue weighted by molar-refractivity contribution is 0.0980. The zero-order valence-electron chi connectivity index (χ0n) is 18.3. The van der Waals surface area contributed by atoms with Crippen molar-refractivity contribution in [2.45, 2.75) is 25.9 Å². The molecule has 170 valence electrons. The van der Waals surface area contributed by atoms with Crippen molar-refractivity contribution in [2.75, 3.05) is 18.6 Å². The van der Waals surface area contributed by atoms with Crippen LogP contribution in [0.15, 0.2) is 48.7 Å². The number of amides is 2. The molecule has 1 atom stereocenters. The maximum atomic E-state index is 14.4. The Kier molecular flexibility index (Phi) is 6.44. The molecule has 3 aromatic rings. The lowest BCUT2D eigenvalue weighted by atomic mass is 9.96. The first kappa shape index (κ1) is 22.9. The third kappa shape index (κ3) is 4.47. The van der Waals surface area contributed by atoms with Crippen LogP contribution in [0.25, 0.3) is 11.1 Å². The van der Waals surface area contributed by atoms with E-state index in [-0.39, 0.29) is 16.7 Å².